The Labute approximate surface area is 292 Å². The fourth-order valence-corrected chi connectivity index (χ4v) is 8.20. The molecule has 0 radical (unpaired) electrons. The van der Waals surface area contributed by atoms with Crippen LogP contribution in [-0.4, -0.2) is 59.0 Å². The molecule has 6 rings (SSSR count). The van der Waals surface area contributed by atoms with E-state index in [1.807, 2.05) is 24.3 Å². The van der Waals surface area contributed by atoms with E-state index in [-0.39, 0.29) is 54.5 Å². The summed E-state index contributed by atoms with van der Waals surface area (Å²) in [4.78, 5) is 29.9. The van der Waals surface area contributed by atoms with Crippen molar-refractivity contribution in [3.63, 3.8) is 0 Å². The molecular weight excluding hydrogens is 634 g/mol. The number of aromatic hydroxyl groups is 2. The molecule has 0 aliphatic heterocycles. The minimum Gasteiger partial charge on any atom is -0.504 e. The number of methoxy groups -OCH3 is 2. The zero-order valence-electron chi connectivity index (χ0n) is 29.0. The van der Waals surface area contributed by atoms with Crippen LogP contribution in [0.3, 0.4) is 0 Å². The van der Waals surface area contributed by atoms with Crippen LogP contribution in [0.1, 0.15) is 80.2 Å². The van der Waals surface area contributed by atoms with E-state index in [1.54, 1.807) is 24.3 Å². The Morgan fingerprint density at radius 1 is 0.960 bits per heavy atom. The number of aliphatic hydroxyl groups is 1. The molecule has 1 heterocycles. The molecule has 9 nitrogen and oxygen atoms in total. The average Bonchev–Trinajstić information content (AvgIpc) is 3.49. The van der Waals surface area contributed by atoms with Gasteiger partial charge in [-0.3, -0.25) is 9.59 Å². The van der Waals surface area contributed by atoms with E-state index in [2.05, 4.69) is 23.2 Å². The molecule has 2 aliphatic rings. The number of carbonyl (C=O) groups excluding carboxylic acids is 2. The summed E-state index contributed by atoms with van der Waals surface area (Å²) in [5, 5.41) is 32.0. The molecule has 3 aromatic carbocycles. The number of aliphatic hydroxyl groups excluding tert-OH is 1. The number of hydrogen-bond acceptors (Lipinski definition) is 8. The molecule has 4 N–H and O–H groups in total. The third-order valence-corrected chi connectivity index (χ3v) is 10.6. The monoisotopic (exact) mass is 681 g/mol. The number of aromatic nitrogens is 1. The summed E-state index contributed by atoms with van der Waals surface area (Å²) in [5.41, 5.74) is 5.64. The van der Waals surface area contributed by atoms with Crippen molar-refractivity contribution in [1.29, 1.82) is 0 Å². The van der Waals surface area contributed by atoms with Crippen LogP contribution in [-0.2, 0) is 20.7 Å². The lowest BCUT2D eigenvalue weighted by molar-refractivity contribution is -0.147. The number of phenols is 2. The number of aromatic amines is 1. The number of aryl methyl sites for hydroxylation is 1. The van der Waals surface area contributed by atoms with Gasteiger partial charge in [0, 0.05) is 48.5 Å². The maximum absolute atomic E-state index is 14.2. The van der Waals surface area contributed by atoms with Crippen LogP contribution in [0.25, 0.3) is 16.5 Å². The summed E-state index contributed by atoms with van der Waals surface area (Å²) in [6.07, 6.45) is 6.43. The number of H-pyrrole nitrogens is 1. The van der Waals surface area contributed by atoms with Crippen molar-refractivity contribution in [2.24, 2.45) is 17.8 Å². The number of benzene rings is 3. The Morgan fingerprint density at radius 3 is 2.48 bits per heavy atom. The van der Waals surface area contributed by atoms with Crippen molar-refractivity contribution in [2.45, 2.75) is 70.3 Å². The number of para-hydroxylation sites is 1. The molecule has 0 spiro atoms. The molecule has 4 aromatic rings. The minimum absolute atomic E-state index is 0.0142. The van der Waals surface area contributed by atoms with Crippen LogP contribution in [0, 0.1) is 17.8 Å². The lowest BCUT2D eigenvalue weighted by Gasteiger charge is -2.39. The van der Waals surface area contributed by atoms with Gasteiger partial charge in [-0.1, -0.05) is 30.3 Å². The Balaban J connectivity index is 1.35. The van der Waals surface area contributed by atoms with Crippen molar-refractivity contribution in [3.05, 3.63) is 89.1 Å². The average molecular weight is 682 g/mol. The summed E-state index contributed by atoms with van der Waals surface area (Å²) in [6, 6.07) is 19.0. The maximum Gasteiger partial charge on any atom is 0.302 e. The summed E-state index contributed by atoms with van der Waals surface area (Å²) < 4.78 is 16.6. The number of phenolic OH excluding ortho intramolecular Hbond substituents is 2. The van der Waals surface area contributed by atoms with Gasteiger partial charge in [-0.2, -0.15) is 0 Å². The number of ketones is 1. The number of carbonyl (C=O) groups is 2. The van der Waals surface area contributed by atoms with E-state index < -0.39 is 12.1 Å². The van der Waals surface area contributed by atoms with Crippen molar-refractivity contribution in [3.8, 4) is 23.0 Å². The predicted octanol–water partition coefficient (Wildman–Crippen LogP) is 7.45. The number of allylic oxidation sites excluding steroid dienone is 1. The van der Waals surface area contributed by atoms with Crippen molar-refractivity contribution in [1.82, 2.24) is 4.98 Å². The number of nitrogens with one attached hydrogen (secondary N) is 1. The summed E-state index contributed by atoms with van der Waals surface area (Å²) >= 11 is 0. The maximum atomic E-state index is 14.2. The number of esters is 1. The second kappa shape index (κ2) is 15.4. The SMILES string of the molecule is COc1cc(CC[C@H](CC(=O)C[C@@H]2c3cc(OC)c(O)cc3C(c3cc4ccccc4[nH]3)=C[C@H]3CC[C@@H](CCO)C[C@H]23)OC(C)=O)ccc1O. The van der Waals surface area contributed by atoms with Gasteiger partial charge in [0.1, 0.15) is 11.9 Å². The van der Waals surface area contributed by atoms with E-state index in [0.717, 1.165) is 58.1 Å². The summed E-state index contributed by atoms with van der Waals surface area (Å²) in [5.74, 6) is 0.726. The summed E-state index contributed by atoms with van der Waals surface area (Å²) in [6.45, 7) is 1.48. The molecule has 1 saturated carbocycles. The number of Topliss-reactive ketones (excluding diaryl/α,β-unsaturated/α-hetero) is 1. The number of hydrogen-bond donors (Lipinski definition) is 4. The molecule has 0 unspecified atom stereocenters. The Kier molecular flexibility index (Phi) is 10.8. The van der Waals surface area contributed by atoms with E-state index >= 15 is 0 Å². The lowest BCUT2D eigenvalue weighted by Crippen LogP contribution is -2.31. The molecule has 9 heteroatoms. The first-order valence-electron chi connectivity index (χ1n) is 17.5. The standard InChI is InChI=1S/C41H47NO8/c1-24(44)50-30(12-9-25-10-13-38(46)40(17-25)48-2)20-29(45)21-32-31-16-26(14-15-43)8-11-27(31)18-35(33-22-39(47)41(49-3)23-34(32)33)37-19-28-6-4-5-7-36(28)42-37/h4-7,10,13,17-19,22-23,26-27,30-32,42-43,46-47H,8-9,11-12,14-16,20-21H2,1-3H3/t26-,27+,30+,31-,32-/m0/s1. The molecular formula is C41H47NO8. The third kappa shape index (κ3) is 7.68. The first-order valence-corrected chi connectivity index (χ1v) is 17.5. The smallest absolute Gasteiger partial charge is 0.302 e. The van der Waals surface area contributed by atoms with E-state index in [9.17, 15) is 24.9 Å². The largest absolute Gasteiger partial charge is 0.504 e. The Hall–Kier alpha value is -4.76. The van der Waals surface area contributed by atoms with Crippen LogP contribution in [0.4, 0.5) is 0 Å². The van der Waals surface area contributed by atoms with Gasteiger partial charge >= 0.3 is 5.97 Å². The number of ether oxygens (including phenoxy) is 3. The van der Waals surface area contributed by atoms with E-state index in [4.69, 9.17) is 14.2 Å². The second-order valence-electron chi connectivity index (χ2n) is 13.8. The molecule has 5 atom stereocenters. The van der Waals surface area contributed by atoms with Gasteiger partial charge in [0.05, 0.1) is 14.2 Å². The summed E-state index contributed by atoms with van der Waals surface area (Å²) in [7, 11) is 3.02. The van der Waals surface area contributed by atoms with Crippen molar-refractivity contribution in [2.75, 3.05) is 20.8 Å². The Bertz CT molecular complexity index is 1840. The molecule has 1 fully saturated rings. The normalized spacial score (nSPS) is 20.6. The molecule has 0 amide bonds. The van der Waals surface area contributed by atoms with Crippen LogP contribution in [0.2, 0.25) is 0 Å². The van der Waals surface area contributed by atoms with Gasteiger partial charge in [0.15, 0.2) is 23.0 Å². The molecule has 50 heavy (non-hydrogen) atoms. The van der Waals surface area contributed by atoms with Gasteiger partial charge in [0.25, 0.3) is 0 Å². The molecule has 0 saturated heterocycles. The highest BCUT2D eigenvalue weighted by molar-refractivity contribution is 5.90. The quantitative estimate of drug-likeness (QED) is 0.107. The van der Waals surface area contributed by atoms with E-state index in [1.165, 1.54) is 21.1 Å². The zero-order valence-corrected chi connectivity index (χ0v) is 29.0. The van der Waals surface area contributed by atoms with Crippen LogP contribution >= 0.6 is 0 Å². The number of fused-ring (bicyclic) bond motifs is 3. The fraction of sp³-hybridized carbons (Fsp3) is 0.415. The third-order valence-electron chi connectivity index (χ3n) is 10.6. The molecule has 2 aliphatic carbocycles. The van der Waals surface area contributed by atoms with Gasteiger partial charge in [0.2, 0.25) is 0 Å². The Morgan fingerprint density at radius 2 is 1.74 bits per heavy atom. The first-order chi connectivity index (χ1) is 24.2. The first kappa shape index (κ1) is 35.1. The topological polar surface area (TPSA) is 138 Å². The lowest BCUT2D eigenvalue weighted by atomic mass is 9.65. The van der Waals surface area contributed by atoms with Crippen LogP contribution in [0.15, 0.2) is 66.7 Å². The van der Waals surface area contributed by atoms with E-state index in [0.29, 0.717) is 36.7 Å². The number of rotatable bonds is 13. The van der Waals surface area contributed by atoms with Crippen LogP contribution in [0.5, 0.6) is 23.0 Å². The second-order valence-corrected chi connectivity index (χ2v) is 13.8. The highest BCUT2D eigenvalue weighted by Crippen LogP contribution is 2.52. The van der Waals surface area contributed by atoms with Gasteiger partial charge in [-0.15, -0.1) is 0 Å². The predicted molar refractivity (Wildman–Crippen MR) is 192 cm³/mol. The van der Waals surface area contributed by atoms with Gasteiger partial charge in [-0.05, 0) is 115 Å². The van der Waals surface area contributed by atoms with Crippen LogP contribution < -0.4 is 9.47 Å². The van der Waals surface area contributed by atoms with Crippen molar-refractivity contribution >= 4 is 28.2 Å². The minimum atomic E-state index is -0.622. The molecule has 264 valence electrons. The zero-order chi connectivity index (χ0) is 35.4. The highest BCUT2D eigenvalue weighted by Gasteiger charge is 2.40. The van der Waals surface area contributed by atoms with Gasteiger partial charge < -0.3 is 34.5 Å². The molecule has 1 aromatic heterocycles. The highest BCUT2D eigenvalue weighted by atomic mass is 16.5. The van der Waals surface area contributed by atoms with Gasteiger partial charge in [-0.25, -0.2) is 0 Å². The molecule has 0 bridgehead atoms. The van der Waals surface area contributed by atoms with Crippen molar-refractivity contribution < 1.29 is 39.1 Å². The fourth-order valence-electron chi connectivity index (χ4n) is 8.20.